The van der Waals surface area contributed by atoms with Crippen molar-refractivity contribution in [1.82, 2.24) is 9.78 Å². The van der Waals surface area contributed by atoms with Crippen LogP contribution >= 0.6 is 15.9 Å². The molecule has 2 N–H and O–H groups in total. The van der Waals surface area contributed by atoms with Gasteiger partial charge in [-0.3, -0.25) is 0 Å². The number of benzene rings is 1. The number of nitrogen functional groups attached to an aromatic ring is 1. The van der Waals surface area contributed by atoms with Gasteiger partial charge in [-0.25, -0.2) is 13.5 Å². The van der Waals surface area contributed by atoms with Crippen LogP contribution < -0.4 is 5.73 Å². The Morgan fingerprint density at radius 1 is 1.41 bits per heavy atom. The van der Waals surface area contributed by atoms with Crippen molar-refractivity contribution in [3.05, 3.63) is 45.6 Å². The average molecular weight is 302 g/mol. The highest BCUT2D eigenvalue weighted by molar-refractivity contribution is 9.10. The van der Waals surface area contributed by atoms with E-state index in [9.17, 15) is 8.78 Å². The Morgan fingerprint density at radius 2 is 2.12 bits per heavy atom. The van der Waals surface area contributed by atoms with Gasteiger partial charge in [-0.05, 0) is 28.9 Å². The average Bonchev–Trinajstić information content (AvgIpc) is 2.50. The molecule has 0 saturated carbocycles. The minimum absolute atomic E-state index is 0.171. The molecule has 1 heterocycles. The maximum Gasteiger partial charge on any atom is 0.136 e. The molecule has 1 aromatic carbocycles. The summed E-state index contributed by atoms with van der Waals surface area (Å²) in [5, 5.41) is 4.15. The quantitative estimate of drug-likeness (QED) is 0.927. The van der Waals surface area contributed by atoms with Crippen LogP contribution in [0.25, 0.3) is 0 Å². The number of rotatable bonds is 2. The van der Waals surface area contributed by atoms with Crippen molar-refractivity contribution in [3.63, 3.8) is 0 Å². The van der Waals surface area contributed by atoms with Gasteiger partial charge in [-0.1, -0.05) is 6.07 Å². The third-order valence-corrected chi connectivity index (χ3v) is 3.41. The number of halogens is 3. The molecule has 1 aromatic heterocycles. The Labute approximate surface area is 105 Å². The number of hydrogen-bond acceptors (Lipinski definition) is 2. The Hall–Kier alpha value is -1.43. The van der Waals surface area contributed by atoms with E-state index < -0.39 is 11.6 Å². The summed E-state index contributed by atoms with van der Waals surface area (Å²) in [5.41, 5.74) is 6.86. The van der Waals surface area contributed by atoms with Crippen LogP contribution in [0.4, 0.5) is 14.6 Å². The lowest BCUT2D eigenvalue weighted by atomic mass is 10.2. The first kappa shape index (κ1) is 12.0. The minimum Gasteiger partial charge on any atom is -0.383 e. The third kappa shape index (κ3) is 2.31. The van der Waals surface area contributed by atoms with E-state index in [2.05, 4.69) is 21.0 Å². The van der Waals surface area contributed by atoms with Crippen molar-refractivity contribution in [2.24, 2.45) is 0 Å². The molecule has 0 radical (unpaired) electrons. The second-order valence-electron chi connectivity index (χ2n) is 3.68. The molecule has 17 heavy (non-hydrogen) atoms. The molecule has 2 rings (SSSR count). The van der Waals surface area contributed by atoms with E-state index in [0.29, 0.717) is 15.9 Å². The van der Waals surface area contributed by atoms with Gasteiger partial charge in [0.05, 0.1) is 16.7 Å². The van der Waals surface area contributed by atoms with Crippen LogP contribution in [-0.2, 0) is 6.54 Å². The van der Waals surface area contributed by atoms with Crippen molar-refractivity contribution >= 4 is 21.7 Å². The maximum absolute atomic E-state index is 13.4. The highest BCUT2D eigenvalue weighted by atomic mass is 79.9. The van der Waals surface area contributed by atoms with Crippen molar-refractivity contribution in [1.29, 1.82) is 0 Å². The van der Waals surface area contributed by atoms with E-state index in [0.717, 1.165) is 11.8 Å². The van der Waals surface area contributed by atoms with Gasteiger partial charge in [0.2, 0.25) is 0 Å². The maximum atomic E-state index is 13.4. The predicted octanol–water partition coefficient (Wildman–Crippen LogP) is 2.86. The Kier molecular flexibility index (Phi) is 3.15. The lowest BCUT2D eigenvalue weighted by Crippen LogP contribution is -2.07. The summed E-state index contributed by atoms with van der Waals surface area (Å²) < 4.78 is 28.3. The van der Waals surface area contributed by atoms with Crippen molar-refractivity contribution in [2.75, 3.05) is 5.73 Å². The molecule has 6 heteroatoms. The van der Waals surface area contributed by atoms with E-state index in [-0.39, 0.29) is 6.54 Å². The van der Waals surface area contributed by atoms with Gasteiger partial charge in [0.1, 0.15) is 17.5 Å². The van der Waals surface area contributed by atoms with Crippen LogP contribution in [0.2, 0.25) is 0 Å². The van der Waals surface area contributed by atoms with Crippen LogP contribution in [0.5, 0.6) is 0 Å². The van der Waals surface area contributed by atoms with Crippen molar-refractivity contribution in [2.45, 2.75) is 13.5 Å². The van der Waals surface area contributed by atoms with Gasteiger partial charge in [0.15, 0.2) is 0 Å². The van der Waals surface area contributed by atoms with E-state index in [1.165, 1.54) is 16.8 Å². The summed E-state index contributed by atoms with van der Waals surface area (Å²) >= 11 is 3.28. The smallest absolute Gasteiger partial charge is 0.136 e. The lowest BCUT2D eigenvalue weighted by molar-refractivity contribution is 0.559. The Morgan fingerprint density at radius 3 is 2.65 bits per heavy atom. The topological polar surface area (TPSA) is 43.8 Å². The molecule has 0 bridgehead atoms. The monoisotopic (exact) mass is 301 g/mol. The summed E-state index contributed by atoms with van der Waals surface area (Å²) in [5.74, 6) is -0.781. The summed E-state index contributed by atoms with van der Waals surface area (Å²) in [4.78, 5) is 0. The summed E-state index contributed by atoms with van der Waals surface area (Å²) in [6.07, 6.45) is 0. The molecule has 0 spiro atoms. The normalized spacial score (nSPS) is 10.8. The van der Waals surface area contributed by atoms with Gasteiger partial charge >= 0.3 is 0 Å². The fourth-order valence-electron chi connectivity index (χ4n) is 1.51. The van der Waals surface area contributed by atoms with Crippen LogP contribution in [0.3, 0.4) is 0 Å². The molecule has 0 fully saturated rings. The van der Waals surface area contributed by atoms with E-state index in [4.69, 9.17) is 5.73 Å². The fourth-order valence-corrected chi connectivity index (χ4v) is 1.79. The number of aromatic nitrogens is 2. The number of aryl methyl sites for hydroxylation is 1. The van der Waals surface area contributed by atoms with Gasteiger partial charge < -0.3 is 5.73 Å². The van der Waals surface area contributed by atoms with Crippen molar-refractivity contribution < 1.29 is 8.78 Å². The first-order valence-corrected chi connectivity index (χ1v) is 5.70. The summed E-state index contributed by atoms with van der Waals surface area (Å²) in [7, 11) is 0. The molecule has 0 saturated heterocycles. The minimum atomic E-state index is -0.603. The molecule has 90 valence electrons. The molecule has 0 aliphatic rings. The van der Waals surface area contributed by atoms with Crippen LogP contribution in [0, 0.1) is 18.6 Å². The van der Waals surface area contributed by atoms with Crippen molar-refractivity contribution in [3.8, 4) is 0 Å². The predicted molar refractivity (Wildman–Crippen MR) is 64.5 cm³/mol. The fraction of sp³-hybridized carbons (Fsp3) is 0.182. The lowest BCUT2D eigenvalue weighted by Gasteiger charge is -2.05. The first-order chi connectivity index (χ1) is 7.99. The molecule has 0 amide bonds. The molecular formula is C11H10BrF2N3. The summed E-state index contributed by atoms with van der Waals surface area (Å²) in [6.45, 7) is 1.96. The third-order valence-electron chi connectivity index (χ3n) is 2.43. The van der Waals surface area contributed by atoms with Crippen LogP contribution in [0.15, 0.2) is 22.7 Å². The second kappa shape index (κ2) is 4.44. The van der Waals surface area contributed by atoms with Crippen LogP contribution in [0.1, 0.15) is 11.3 Å². The van der Waals surface area contributed by atoms with Gasteiger partial charge in [-0.15, -0.1) is 0 Å². The Bertz CT molecular complexity index is 566. The zero-order valence-corrected chi connectivity index (χ0v) is 10.6. The zero-order chi connectivity index (χ0) is 12.6. The molecule has 2 aromatic rings. The number of nitrogens with two attached hydrogens (primary N) is 1. The highest BCUT2D eigenvalue weighted by Crippen LogP contribution is 2.24. The highest BCUT2D eigenvalue weighted by Gasteiger charge is 2.12. The van der Waals surface area contributed by atoms with E-state index in [1.807, 2.05) is 0 Å². The standard InChI is InChI=1S/C11H10BrF2N3/c1-6-10(12)11(15)17(16-6)5-7-2-3-8(13)4-9(7)14/h2-4H,5,15H2,1H3. The van der Waals surface area contributed by atoms with E-state index in [1.54, 1.807) is 6.92 Å². The number of nitrogens with zero attached hydrogens (tertiary/aromatic N) is 2. The molecule has 0 aliphatic heterocycles. The second-order valence-corrected chi connectivity index (χ2v) is 4.47. The first-order valence-electron chi connectivity index (χ1n) is 4.91. The van der Waals surface area contributed by atoms with Gasteiger partial charge in [-0.2, -0.15) is 5.10 Å². The largest absolute Gasteiger partial charge is 0.383 e. The number of hydrogen-bond donors (Lipinski definition) is 1. The van der Waals surface area contributed by atoms with E-state index >= 15 is 0 Å². The Balaban J connectivity index is 2.34. The molecule has 3 nitrogen and oxygen atoms in total. The molecular weight excluding hydrogens is 292 g/mol. The molecule has 0 atom stereocenters. The SMILES string of the molecule is Cc1nn(Cc2ccc(F)cc2F)c(N)c1Br. The van der Waals surface area contributed by atoms with Gasteiger partial charge in [0, 0.05) is 11.6 Å². The summed E-state index contributed by atoms with van der Waals surface area (Å²) in [6, 6.07) is 3.44. The van der Waals surface area contributed by atoms with Crippen LogP contribution in [-0.4, -0.2) is 9.78 Å². The zero-order valence-electron chi connectivity index (χ0n) is 9.04. The molecule has 0 aliphatic carbocycles. The van der Waals surface area contributed by atoms with Gasteiger partial charge in [0.25, 0.3) is 0 Å². The molecule has 0 unspecified atom stereocenters. The number of anilines is 1.